The summed E-state index contributed by atoms with van der Waals surface area (Å²) in [6.07, 6.45) is 0. The van der Waals surface area contributed by atoms with Gasteiger partial charge in [0.2, 0.25) is 0 Å². The van der Waals surface area contributed by atoms with Gasteiger partial charge in [-0.05, 0) is 43.7 Å². The topological polar surface area (TPSA) is 112 Å². The van der Waals surface area contributed by atoms with Gasteiger partial charge in [-0.25, -0.2) is 8.42 Å². The lowest BCUT2D eigenvalue weighted by molar-refractivity contribution is -0.530. The van der Waals surface area contributed by atoms with Gasteiger partial charge in [-0.2, -0.15) is 4.68 Å². The van der Waals surface area contributed by atoms with Crippen molar-refractivity contribution in [2.24, 2.45) is 11.6 Å². The van der Waals surface area contributed by atoms with Crippen molar-refractivity contribution in [2.45, 2.75) is 25.7 Å². The van der Waals surface area contributed by atoms with E-state index >= 15 is 0 Å². The third-order valence-electron chi connectivity index (χ3n) is 2.72. The van der Waals surface area contributed by atoms with Crippen molar-refractivity contribution in [1.29, 1.82) is 0 Å². The smallest absolute Gasteiger partial charge is 0.327 e. The number of hydrogen-bond acceptors (Lipinski definition) is 6. The highest BCUT2D eigenvalue weighted by Gasteiger charge is 2.13. The summed E-state index contributed by atoms with van der Waals surface area (Å²) in [6, 6.07) is 3.38. The zero-order valence-corrected chi connectivity index (χ0v) is 13.3. The average molecular weight is 317 g/mol. The second-order valence-corrected chi connectivity index (χ2v) is 6.99. The molecule has 0 aliphatic carbocycles. The molecule has 112 valence electrons. The molecule has 0 aromatic heterocycles. The highest BCUT2D eigenvalue weighted by Crippen LogP contribution is 2.20. The number of amidine groups is 1. The van der Waals surface area contributed by atoms with Gasteiger partial charge in [0.25, 0.3) is 0 Å². The van der Waals surface area contributed by atoms with E-state index in [-0.39, 0.29) is 4.90 Å². The number of aryl methyl sites for hydroxylation is 3. The molecule has 1 aliphatic heterocycles. The first-order chi connectivity index (χ1) is 9.12. The van der Waals surface area contributed by atoms with E-state index in [1.165, 1.54) is 0 Å². The van der Waals surface area contributed by atoms with Gasteiger partial charge in [0.05, 0.1) is 4.90 Å². The molecule has 1 aromatic carbocycles. The Kier molecular flexibility index (Phi) is 5.43. The lowest BCUT2D eigenvalue weighted by Crippen LogP contribution is -2.26. The molecule has 0 saturated carbocycles. The summed E-state index contributed by atoms with van der Waals surface area (Å²) in [7, 11) is -4.33. The summed E-state index contributed by atoms with van der Waals surface area (Å²) < 4.78 is 34.1. The summed E-state index contributed by atoms with van der Waals surface area (Å²) in [5, 5.41) is 0.736. The molecule has 1 aliphatic rings. The number of thioether (sulfide) groups is 1. The third-order valence-corrected chi connectivity index (χ3v) is 4.78. The minimum absolute atomic E-state index is 0.0851. The Morgan fingerprint density at radius 3 is 2.00 bits per heavy atom. The lowest BCUT2D eigenvalue weighted by atomic mass is 10.1. The fourth-order valence-electron chi connectivity index (χ4n) is 2.00. The van der Waals surface area contributed by atoms with Crippen LogP contribution in [-0.4, -0.2) is 35.1 Å². The molecule has 4 N–H and O–H groups in total. The van der Waals surface area contributed by atoms with Gasteiger partial charge in [0.1, 0.15) is 16.7 Å². The Labute approximate surface area is 123 Å². The normalized spacial score (nSPS) is 15.0. The minimum Gasteiger partial charge on any atom is -0.744 e. The van der Waals surface area contributed by atoms with Crippen LogP contribution in [0.4, 0.5) is 0 Å². The van der Waals surface area contributed by atoms with Gasteiger partial charge in [0.15, 0.2) is 0 Å². The van der Waals surface area contributed by atoms with E-state index in [1.807, 2.05) is 6.92 Å². The van der Waals surface area contributed by atoms with Gasteiger partial charge in [-0.3, -0.25) is 11.6 Å². The molecule has 0 fully saturated rings. The van der Waals surface area contributed by atoms with Crippen LogP contribution in [0.1, 0.15) is 16.7 Å². The van der Waals surface area contributed by atoms with Gasteiger partial charge in [-0.1, -0.05) is 17.7 Å². The molecular weight excluding hydrogens is 298 g/mol. The molecule has 1 heterocycles. The maximum Gasteiger partial charge on any atom is 0.327 e. The predicted octanol–water partition coefficient (Wildman–Crippen LogP) is 0.450. The number of nitrogens with zero attached hydrogens (tertiary/aromatic N) is 1. The molecule has 20 heavy (non-hydrogen) atoms. The molecule has 0 amide bonds. The molecule has 1 aromatic rings. The van der Waals surface area contributed by atoms with Crippen LogP contribution in [0.5, 0.6) is 0 Å². The van der Waals surface area contributed by atoms with E-state index in [0.29, 0.717) is 11.1 Å². The van der Waals surface area contributed by atoms with Crippen molar-refractivity contribution in [1.82, 2.24) is 0 Å². The standard InChI is InChI=1S/C9H12O3S.C3H7N3S/c1-6-4-7(2)9(8(3)5-6)13(10,11)12;4-3-6(5)1-2-7-3/h4-5H,1-3H3,(H,10,11,12);4H,1-2,5H2. The van der Waals surface area contributed by atoms with Gasteiger partial charge >= 0.3 is 5.17 Å². The number of benzene rings is 1. The van der Waals surface area contributed by atoms with Crippen LogP contribution in [0.15, 0.2) is 17.0 Å². The summed E-state index contributed by atoms with van der Waals surface area (Å²) in [6.45, 7) is 6.01. The zero-order valence-electron chi connectivity index (χ0n) is 11.7. The van der Waals surface area contributed by atoms with Crippen LogP contribution in [-0.2, 0) is 10.1 Å². The van der Waals surface area contributed by atoms with E-state index < -0.39 is 10.1 Å². The average Bonchev–Trinajstić information content (AvgIpc) is 2.60. The predicted molar refractivity (Wildman–Crippen MR) is 79.6 cm³/mol. The van der Waals surface area contributed by atoms with Crippen molar-refractivity contribution >= 4 is 27.0 Å². The minimum atomic E-state index is -4.33. The quantitative estimate of drug-likeness (QED) is 0.442. The van der Waals surface area contributed by atoms with Crippen molar-refractivity contribution in [3.8, 4) is 0 Å². The molecule has 0 bridgehead atoms. The first-order valence-corrected chi connectivity index (χ1v) is 8.33. The maximum atomic E-state index is 10.8. The Balaban J connectivity index is 0.000000240. The molecule has 0 spiro atoms. The molecule has 0 atom stereocenters. The fraction of sp³-hybridized carbons (Fsp3) is 0.417. The molecule has 2 rings (SSSR count). The Morgan fingerprint density at radius 1 is 1.25 bits per heavy atom. The molecule has 0 radical (unpaired) electrons. The molecule has 0 saturated heterocycles. The monoisotopic (exact) mass is 317 g/mol. The molecular formula is C12H19N3O3S2. The van der Waals surface area contributed by atoms with E-state index in [9.17, 15) is 13.0 Å². The summed E-state index contributed by atoms with van der Waals surface area (Å²) in [5.41, 5.74) is 7.36. The van der Waals surface area contributed by atoms with Crippen molar-refractivity contribution < 1.29 is 17.7 Å². The van der Waals surface area contributed by atoms with Crippen molar-refractivity contribution in [3.05, 3.63) is 28.8 Å². The molecule has 6 nitrogen and oxygen atoms in total. The van der Waals surface area contributed by atoms with Crippen LogP contribution in [0.3, 0.4) is 0 Å². The zero-order chi connectivity index (χ0) is 15.5. The van der Waals surface area contributed by atoms with E-state index in [2.05, 4.69) is 0 Å². The number of hydrazone groups is 1. The third kappa shape index (κ3) is 4.39. The highest BCUT2D eigenvalue weighted by molar-refractivity contribution is 8.13. The van der Waals surface area contributed by atoms with E-state index in [0.717, 1.165) is 23.0 Å². The lowest BCUT2D eigenvalue weighted by Gasteiger charge is -2.14. The summed E-state index contributed by atoms with van der Waals surface area (Å²) in [5.74, 6) is 6.36. The summed E-state index contributed by atoms with van der Waals surface area (Å²) >= 11 is 1.60. The van der Waals surface area contributed by atoms with Crippen LogP contribution in [0.2, 0.25) is 0 Å². The first kappa shape index (κ1) is 16.8. The van der Waals surface area contributed by atoms with Crippen LogP contribution in [0.25, 0.3) is 0 Å². The number of rotatable bonds is 1. The Morgan fingerprint density at radius 2 is 1.75 bits per heavy atom. The van der Waals surface area contributed by atoms with Crippen molar-refractivity contribution in [3.63, 3.8) is 0 Å². The summed E-state index contributed by atoms with van der Waals surface area (Å²) in [4.78, 5) is -0.0851. The fourth-order valence-corrected chi connectivity index (χ4v) is 3.66. The Hall–Kier alpha value is -1.25. The Bertz CT molecular complexity index is 604. The number of hydrogen-bond donors (Lipinski definition) is 2. The van der Waals surface area contributed by atoms with Crippen LogP contribution >= 0.6 is 11.8 Å². The molecule has 8 heteroatoms. The van der Waals surface area contributed by atoms with Crippen LogP contribution in [0, 0.1) is 20.8 Å². The first-order valence-electron chi connectivity index (χ1n) is 5.94. The second kappa shape index (κ2) is 6.47. The van der Waals surface area contributed by atoms with Gasteiger partial charge in [0, 0.05) is 5.75 Å². The van der Waals surface area contributed by atoms with E-state index in [4.69, 9.17) is 11.6 Å². The number of hydrazine groups is 1. The number of nitrogens with two attached hydrogens (primary N) is 2. The largest absolute Gasteiger partial charge is 0.744 e. The van der Waals surface area contributed by atoms with Crippen molar-refractivity contribution in [2.75, 3.05) is 12.3 Å². The molecule has 0 unspecified atom stereocenters. The SMILES string of the molecule is Cc1cc(C)c(S(=O)(=O)[O-])c(C)c1.NC1=[N+](N)CCS1. The van der Waals surface area contributed by atoms with Gasteiger partial charge in [-0.15, -0.1) is 0 Å². The van der Waals surface area contributed by atoms with E-state index in [1.54, 1.807) is 42.4 Å². The highest BCUT2D eigenvalue weighted by atomic mass is 32.2. The second-order valence-electron chi connectivity index (χ2n) is 4.56. The van der Waals surface area contributed by atoms with Gasteiger partial charge < -0.3 is 4.55 Å². The maximum absolute atomic E-state index is 10.8. The van der Waals surface area contributed by atoms with Crippen LogP contribution < -0.4 is 11.6 Å².